The van der Waals surface area contributed by atoms with Gasteiger partial charge in [0.1, 0.15) is 0 Å². The molecular weight excluding hydrogens is 342 g/mol. The Morgan fingerprint density at radius 2 is 1.86 bits per heavy atom. The molecule has 0 saturated heterocycles. The molecule has 0 atom stereocenters. The van der Waals surface area contributed by atoms with Gasteiger partial charge in [-0.15, -0.1) is 0 Å². The van der Waals surface area contributed by atoms with Gasteiger partial charge < -0.3 is 13.9 Å². The van der Waals surface area contributed by atoms with Crippen LogP contribution in [0.3, 0.4) is 0 Å². The molecule has 0 saturated carbocycles. The van der Waals surface area contributed by atoms with Gasteiger partial charge in [-0.25, -0.2) is 14.6 Å². The lowest BCUT2D eigenvalue weighted by atomic mass is 10.1. The average molecular weight is 354 g/mol. The predicted octanol–water partition coefficient (Wildman–Crippen LogP) is 2.99. The van der Waals surface area contributed by atoms with E-state index in [4.69, 9.17) is 4.42 Å². The number of oxazole rings is 1. The van der Waals surface area contributed by atoms with Gasteiger partial charge in [0, 0.05) is 10.0 Å². The number of rotatable bonds is 3. The largest absolute Gasteiger partial charge is 0.464 e. The van der Waals surface area contributed by atoms with Crippen LogP contribution < -0.4 is 0 Å². The summed E-state index contributed by atoms with van der Waals surface area (Å²) in [4.78, 5) is 27.4. The highest BCUT2D eigenvalue weighted by Gasteiger charge is 2.28. The molecular formula is C14H12BrNO5. The van der Waals surface area contributed by atoms with E-state index in [0.29, 0.717) is 5.56 Å². The van der Waals surface area contributed by atoms with E-state index in [0.717, 1.165) is 10.0 Å². The lowest BCUT2D eigenvalue weighted by Crippen LogP contribution is -2.10. The van der Waals surface area contributed by atoms with Crippen LogP contribution in [0.5, 0.6) is 0 Å². The number of hydrogen-bond donors (Lipinski definition) is 0. The van der Waals surface area contributed by atoms with Gasteiger partial charge in [0.15, 0.2) is 0 Å². The van der Waals surface area contributed by atoms with Gasteiger partial charge in [0.25, 0.3) is 0 Å². The van der Waals surface area contributed by atoms with E-state index in [1.165, 1.54) is 14.2 Å². The summed E-state index contributed by atoms with van der Waals surface area (Å²) in [6.45, 7) is 1.86. The zero-order chi connectivity index (χ0) is 15.6. The van der Waals surface area contributed by atoms with Crippen LogP contribution >= 0.6 is 15.9 Å². The maximum atomic E-state index is 11.7. The van der Waals surface area contributed by atoms with E-state index in [-0.39, 0.29) is 17.3 Å². The normalized spacial score (nSPS) is 10.3. The van der Waals surface area contributed by atoms with Crippen LogP contribution in [0.4, 0.5) is 0 Å². The number of aromatic nitrogens is 1. The predicted molar refractivity (Wildman–Crippen MR) is 77.1 cm³/mol. The van der Waals surface area contributed by atoms with Crippen LogP contribution in [0.2, 0.25) is 0 Å². The molecule has 0 spiro atoms. The van der Waals surface area contributed by atoms with Crippen molar-refractivity contribution in [3.8, 4) is 11.5 Å². The minimum absolute atomic E-state index is 0.148. The standard InChI is InChI=1S/C14H12BrNO5/c1-7-8(5-4-6-9(7)15)12-16-10(13(17)19-2)11(21-12)14(18)20-3/h4-6H,1-3H3. The number of carbonyl (C=O) groups excluding carboxylic acids is 2. The van der Waals surface area contributed by atoms with Crippen LogP contribution in [0, 0.1) is 6.92 Å². The number of carbonyl (C=O) groups is 2. The lowest BCUT2D eigenvalue weighted by Gasteiger charge is -2.02. The van der Waals surface area contributed by atoms with Crippen molar-refractivity contribution in [1.29, 1.82) is 0 Å². The van der Waals surface area contributed by atoms with E-state index in [9.17, 15) is 9.59 Å². The Hall–Kier alpha value is -2.15. The second-order valence-electron chi connectivity index (χ2n) is 4.09. The maximum absolute atomic E-state index is 11.7. The SMILES string of the molecule is COC(=O)c1nc(-c2cccc(Br)c2C)oc1C(=O)OC. The topological polar surface area (TPSA) is 78.6 Å². The maximum Gasteiger partial charge on any atom is 0.376 e. The number of ether oxygens (including phenoxy) is 2. The van der Waals surface area contributed by atoms with Gasteiger partial charge in [-0.3, -0.25) is 0 Å². The fourth-order valence-electron chi connectivity index (χ4n) is 1.74. The molecule has 0 radical (unpaired) electrons. The molecule has 0 unspecified atom stereocenters. The zero-order valence-corrected chi connectivity index (χ0v) is 13.2. The number of methoxy groups -OCH3 is 2. The highest BCUT2D eigenvalue weighted by atomic mass is 79.9. The van der Waals surface area contributed by atoms with Crippen LogP contribution in [0.1, 0.15) is 26.6 Å². The van der Waals surface area contributed by atoms with E-state index < -0.39 is 11.9 Å². The van der Waals surface area contributed by atoms with Gasteiger partial charge in [-0.05, 0) is 24.6 Å². The quantitative estimate of drug-likeness (QED) is 0.789. The van der Waals surface area contributed by atoms with Crippen LogP contribution in [0.25, 0.3) is 11.5 Å². The fourth-order valence-corrected chi connectivity index (χ4v) is 2.11. The summed E-state index contributed by atoms with van der Waals surface area (Å²) in [6, 6.07) is 5.44. The summed E-state index contributed by atoms with van der Waals surface area (Å²) in [5.41, 5.74) is 1.31. The monoisotopic (exact) mass is 353 g/mol. The third-order valence-electron chi connectivity index (χ3n) is 2.87. The summed E-state index contributed by atoms with van der Waals surface area (Å²) < 4.78 is 15.4. The number of esters is 2. The smallest absolute Gasteiger partial charge is 0.376 e. The highest BCUT2D eigenvalue weighted by Crippen LogP contribution is 2.29. The Bertz CT molecular complexity index is 674. The molecule has 2 rings (SSSR count). The first-order chi connectivity index (χ1) is 9.99. The molecule has 0 aliphatic rings. The van der Waals surface area contributed by atoms with Crippen molar-refractivity contribution in [1.82, 2.24) is 4.98 Å². The Morgan fingerprint density at radius 1 is 1.19 bits per heavy atom. The molecule has 0 aliphatic carbocycles. The van der Waals surface area contributed by atoms with Crippen molar-refractivity contribution >= 4 is 27.9 Å². The molecule has 0 fully saturated rings. The van der Waals surface area contributed by atoms with Crippen molar-refractivity contribution in [3.63, 3.8) is 0 Å². The summed E-state index contributed by atoms with van der Waals surface area (Å²) in [5, 5.41) is 0. The molecule has 7 heteroatoms. The number of halogens is 1. The summed E-state index contributed by atoms with van der Waals surface area (Å²) in [5.74, 6) is -1.69. The van der Waals surface area contributed by atoms with Gasteiger partial charge >= 0.3 is 11.9 Å². The number of benzene rings is 1. The summed E-state index contributed by atoms with van der Waals surface area (Å²) in [6.07, 6.45) is 0. The molecule has 110 valence electrons. The molecule has 0 bridgehead atoms. The Labute approximate surface area is 129 Å². The van der Waals surface area contributed by atoms with Crippen LogP contribution in [-0.4, -0.2) is 31.1 Å². The van der Waals surface area contributed by atoms with Gasteiger partial charge in [-0.2, -0.15) is 0 Å². The van der Waals surface area contributed by atoms with E-state index >= 15 is 0 Å². The van der Waals surface area contributed by atoms with Crippen molar-refractivity contribution in [3.05, 3.63) is 39.7 Å². The summed E-state index contributed by atoms with van der Waals surface area (Å²) in [7, 11) is 2.39. The van der Waals surface area contributed by atoms with Crippen molar-refractivity contribution in [2.75, 3.05) is 14.2 Å². The molecule has 0 amide bonds. The number of hydrogen-bond acceptors (Lipinski definition) is 6. The fraction of sp³-hybridized carbons (Fsp3) is 0.214. The van der Waals surface area contributed by atoms with Crippen molar-refractivity contribution < 1.29 is 23.5 Å². The highest BCUT2D eigenvalue weighted by molar-refractivity contribution is 9.10. The zero-order valence-electron chi connectivity index (χ0n) is 11.6. The third kappa shape index (κ3) is 2.82. The lowest BCUT2D eigenvalue weighted by molar-refractivity contribution is 0.0527. The van der Waals surface area contributed by atoms with Gasteiger partial charge in [-0.1, -0.05) is 22.0 Å². The van der Waals surface area contributed by atoms with E-state index in [1.54, 1.807) is 12.1 Å². The Balaban J connectivity index is 2.61. The van der Waals surface area contributed by atoms with Crippen molar-refractivity contribution in [2.24, 2.45) is 0 Å². The minimum atomic E-state index is -0.790. The molecule has 21 heavy (non-hydrogen) atoms. The van der Waals surface area contributed by atoms with E-state index in [2.05, 4.69) is 30.4 Å². The first-order valence-corrected chi connectivity index (χ1v) is 6.71. The number of nitrogens with zero attached hydrogens (tertiary/aromatic N) is 1. The molecule has 1 heterocycles. The first-order valence-electron chi connectivity index (χ1n) is 5.92. The first kappa shape index (κ1) is 15.2. The van der Waals surface area contributed by atoms with Crippen molar-refractivity contribution in [2.45, 2.75) is 6.92 Å². The molecule has 6 nitrogen and oxygen atoms in total. The van der Waals surface area contributed by atoms with Gasteiger partial charge in [0.05, 0.1) is 14.2 Å². The van der Waals surface area contributed by atoms with Crippen LogP contribution in [0.15, 0.2) is 27.1 Å². The van der Waals surface area contributed by atoms with Crippen LogP contribution in [-0.2, 0) is 9.47 Å². The molecule has 2 aromatic rings. The molecule has 1 aromatic carbocycles. The minimum Gasteiger partial charge on any atom is -0.464 e. The third-order valence-corrected chi connectivity index (χ3v) is 3.73. The second kappa shape index (κ2) is 6.09. The molecule has 0 aliphatic heterocycles. The Morgan fingerprint density at radius 3 is 2.48 bits per heavy atom. The summed E-state index contributed by atoms with van der Waals surface area (Å²) >= 11 is 3.40. The Kier molecular flexibility index (Phi) is 4.42. The second-order valence-corrected chi connectivity index (χ2v) is 4.95. The molecule has 1 aromatic heterocycles. The van der Waals surface area contributed by atoms with Gasteiger partial charge in [0.2, 0.25) is 17.3 Å². The average Bonchev–Trinajstić information content (AvgIpc) is 2.93. The molecule has 0 N–H and O–H groups in total. The van der Waals surface area contributed by atoms with E-state index in [1.807, 2.05) is 13.0 Å².